The summed E-state index contributed by atoms with van der Waals surface area (Å²) in [5.41, 5.74) is 2.66. The van der Waals surface area contributed by atoms with Crippen molar-refractivity contribution in [2.45, 2.75) is 52.4 Å². The first kappa shape index (κ1) is 18.7. The van der Waals surface area contributed by atoms with Crippen LogP contribution in [-0.4, -0.2) is 23.3 Å². The molecule has 2 rings (SSSR count). The number of hydrogen-bond donors (Lipinski definition) is 2. The highest BCUT2D eigenvalue weighted by molar-refractivity contribution is 5.32. The van der Waals surface area contributed by atoms with Gasteiger partial charge in [0.1, 0.15) is 0 Å². The third kappa shape index (κ3) is 10.6. The van der Waals surface area contributed by atoms with E-state index in [9.17, 15) is 0 Å². The fraction of sp³-hybridized carbons (Fsp3) is 0.588. The van der Waals surface area contributed by atoms with Gasteiger partial charge < -0.3 is 10.2 Å². The molecule has 1 saturated carbocycles. The molecule has 0 bridgehead atoms. The SMILES string of the molecule is Cc1ccc(C)cc1.O=CO.OCC1CCCCCC1. The molecule has 0 radical (unpaired) electrons. The molecule has 1 aromatic carbocycles. The van der Waals surface area contributed by atoms with Crippen molar-refractivity contribution >= 4 is 6.47 Å². The van der Waals surface area contributed by atoms with Gasteiger partial charge in [0.15, 0.2) is 0 Å². The molecule has 0 aliphatic heterocycles. The van der Waals surface area contributed by atoms with E-state index < -0.39 is 0 Å². The lowest BCUT2D eigenvalue weighted by atomic mass is 10.0. The first-order valence-corrected chi connectivity index (χ1v) is 7.36. The Hall–Kier alpha value is -1.35. The molecule has 20 heavy (non-hydrogen) atoms. The highest BCUT2D eigenvalue weighted by Gasteiger charge is 2.09. The van der Waals surface area contributed by atoms with Crippen LogP contribution in [0.5, 0.6) is 0 Å². The van der Waals surface area contributed by atoms with Crippen molar-refractivity contribution in [3.63, 3.8) is 0 Å². The lowest BCUT2D eigenvalue weighted by molar-refractivity contribution is -0.122. The molecule has 0 saturated heterocycles. The van der Waals surface area contributed by atoms with Crippen LogP contribution in [0.2, 0.25) is 0 Å². The van der Waals surface area contributed by atoms with Gasteiger partial charge in [-0.25, -0.2) is 0 Å². The Balaban J connectivity index is 0.000000304. The summed E-state index contributed by atoms with van der Waals surface area (Å²) in [4.78, 5) is 8.36. The molecule has 2 N–H and O–H groups in total. The van der Waals surface area contributed by atoms with Gasteiger partial charge in [0.25, 0.3) is 6.47 Å². The monoisotopic (exact) mass is 280 g/mol. The van der Waals surface area contributed by atoms with Gasteiger partial charge in [-0.15, -0.1) is 0 Å². The summed E-state index contributed by atoms with van der Waals surface area (Å²) in [5, 5.41) is 15.7. The smallest absolute Gasteiger partial charge is 0.290 e. The molecule has 1 aliphatic rings. The van der Waals surface area contributed by atoms with Crippen molar-refractivity contribution in [2.75, 3.05) is 6.61 Å². The summed E-state index contributed by atoms with van der Waals surface area (Å²) in [6.07, 6.45) is 7.97. The van der Waals surface area contributed by atoms with Crippen LogP contribution in [0.3, 0.4) is 0 Å². The van der Waals surface area contributed by atoms with E-state index in [1.165, 1.54) is 49.7 Å². The Labute approximate surface area is 122 Å². The first-order valence-electron chi connectivity index (χ1n) is 7.36. The third-order valence-corrected chi connectivity index (χ3v) is 3.45. The lowest BCUT2D eigenvalue weighted by Crippen LogP contribution is -2.03. The minimum absolute atomic E-state index is 0.250. The van der Waals surface area contributed by atoms with Crippen LogP contribution in [-0.2, 0) is 4.79 Å². The van der Waals surface area contributed by atoms with Crippen molar-refractivity contribution < 1.29 is 15.0 Å². The summed E-state index contributed by atoms with van der Waals surface area (Å²) < 4.78 is 0. The van der Waals surface area contributed by atoms with Gasteiger partial charge in [-0.05, 0) is 32.6 Å². The molecule has 0 unspecified atom stereocenters. The van der Waals surface area contributed by atoms with Gasteiger partial charge in [0.05, 0.1) is 0 Å². The zero-order valence-electron chi connectivity index (χ0n) is 12.7. The number of rotatable bonds is 1. The minimum atomic E-state index is -0.250. The third-order valence-electron chi connectivity index (χ3n) is 3.45. The summed E-state index contributed by atoms with van der Waals surface area (Å²) in [7, 11) is 0. The normalized spacial score (nSPS) is 14.9. The summed E-state index contributed by atoms with van der Waals surface area (Å²) >= 11 is 0. The maximum atomic E-state index is 8.82. The molecule has 3 heteroatoms. The van der Waals surface area contributed by atoms with Crippen molar-refractivity contribution in [2.24, 2.45) is 5.92 Å². The topological polar surface area (TPSA) is 57.5 Å². The van der Waals surface area contributed by atoms with Gasteiger partial charge in [-0.2, -0.15) is 0 Å². The van der Waals surface area contributed by atoms with E-state index in [1.807, 2.05) is 0 Å². The van der Waals surface area contributed by atoms with Crippen molar-refractivity contribution in [3.8, 4) is 0 Å². The van der Waals surface area contributed by atoms with Crippen molar-refractivity contribution in [1.82, 2.24) is 0 Å². The number of hydrogen-bond acceptors (Lipinski definition) is 2. The van der Waals surface area contributed by atoms with Gasteiger partial charge in [-0.3, -0.25) is 4.79 Å². The highest BCUT2D eigenvalue weighted by Crippen LogP contribution is 2.21. The maximum Gasteiger partial charge on any atom is 0.290 e. The Kier molecular flexibility index (Phi) is 11.8. The highest BCUT2D eigenvalue weighted by atomic mass is 16.3. The van der Waals surface area contributed by atoms with Crippen LogP contribution in [0, 0.1) is 19.8 Å². The van der Waals surface area contributed by atoms with Gasteiger partial charge >= 0.3 is 0 Å². The average molecular weight is 280 g/mol. The second kappa shape index (κ2) is 12.7. The number of aryl methyl sites for hydroxylation is 2. The Morgan fingerprint density at radius 2 is 1.35 bits per heavy atom. The molecule has 3 nitrogen and oxygen atoms in total. The van der Waals surface area contributed by atoms with E-state index in [0.29, 0.717) is 12.5 Å². The maximum absolute atomic E-state index is 8.82. The van der Waals surface area contributed by atoms with E-state index in [0.717, 1.165) is 0 Å². The van der Waals surface area contributed by atoms with E-state index >= 15 is 0 Å². The Bertz CT molecular complexity index is 304. The fourth-order valence-electron chi connectivity index (χ4n) is 2.18. The summed E-state index contributed by atoms with van der Waals surface area (Å²) in [6, 6.07) is 8.48. The largest absolute Gasteiger partial charge is 0.483 e. The number of aliphatic hydroxyl groups excluding tert-OH is 1. The molecule has 0 amide bonds. The molecular weight excluding hydrogens is 252 g/mol. The van der Waals surface area contributed by atoms with Crippen LogP contribution < -0.4 is 0 Å². The lowest BCUT2D eigenvalue weighted by Gasteiger charge is -2.07. The molecule has 1 aliphatic carbocycles. The molecule has 0 aromatic heterocycles. The van der Waals surface area contributed by atoms with Crippen LogP contribution in [0.15, 0.2) is 24.3 Å². The van der Waals surface area contributed by atoms with E-state index in [1.54, 1.807) is 0 Å². The molecule has 0 heterocycles. The number of carbonyl (C=O) groups is 1. The zero-order chi connectivity index (χ0) is 15.2. The quantitative estimate of drug-likeness (QED) is 0.605. The predicted octanol–water partition coefficient (Wildman–Crippen LogP) is 3.95. The minimum Gasteiger partial charge on any atom is -0.483 e. The van der Waals surface area contributed by atoms with Gasteiger partial charge in [0, 0.05) is 6.61 Å². The summed E-state index contributed by atoms with van der Waals surface area (Å²) in [5.74, 6) is 0.632. The number of carboxylic acid groups (broad SMARTS) is 1. The fourth-order valence-corrected chi connectivity index (χ4v) is 2.18. The molecular formula is C17H28O3. The standard InChI is InChI=1S/C8H16O.C8H10.CH2O2/c9-7-8-5-3-1-2-4-6-8;1-7-3-5-8(2)6-4-7;2-1-3/h8-9H,1-7H2;3-6H,1-2H3;1H,(H,2,3). The van der Waals surface area contributed by atoms with Crippen LogP contribution >= 0.6 is 0 Å². The molecule has 114 valence electrons. The number of benzene rings is 1. The van der Waals surface area contributed by atoms with E-state index in [4.69, 9.17) is 15.0 Å². The van der Waals surface area contributed by atoms with Gasteiger partial charge in [0.2, 0.25) is 0 Å². The average Bonchev–Trinajstić information content (AvgIpc) is 2.72. The van der Waals surface area contributed by atoms with Crippen LogP contribution in [0.25, 0.3) is 0 Å². The molecule has 0 atom stereocenters. The number of aliphatic hydroxyl groups is 1. The van der Waals surface area contributed by atoms with Gasteiger partial charge in [-0.1, -0.05) is 61.1 Å². The van der Waals surface area contributed by atoms with Crippen LogP contribution in [0.4, 0.5) is 0 Å². The molecule has 1 fully saturated rings. The molecule has 0 spiro atoms. The Morgan fingerprint density at radius 3 is 1.65 bits per heavy atom. The first-order chi connectivity index (χ1) is 9.63. The van der Waals surface area contributed by atoms with E-state index in [2.05, 4.69) is 38.1 Å². The molecule has 1 aromatic rings. The van der Waals surface area contributed by atoms with E-state index in [-0.39, 0.29) is 6.47 Å². The Morgan fingerprint density at radius 1 is 1.00 bits per heavy atom. The zero-order valence-corrected chi connectivity index (χ0v) is 12.7. The van der Waals surface area contributed by atoms with Crippen LogP contribution in [0.1, 0.15) is 49.7 Å². The predicted molar refractivity (Wildman–Crippen MR) is 82.9 cm³/mol. The van der Waals surface area contributed by atoms with Crippen molar-refractivity contribution in [1.29, 1.82) is 0 Å². The second-order valence-corrected chi connectivity index (χ2v) is 5.30. The van der Waals surface area contributed by atoms with Crippen molar-refractivity contribution in [3.05, 3.63) is 35.4 Å². The second-order valence-electron chi connectivity index (χ2n) is 5.30. The summed E-state index contributed by atoms with van der Waals surface area (Å²) in [6.45, 7) is 4.36.